The summed E-state index contributed by atoms with van der Waals surface area (Å²) in [6.07, 6.45) is 0. The van der Waals surface area contributed by atoms with Gasteiger partial charge in [-0.05, 0) is 46.2 Å². The van der Waals surface area contributed by atoms with Gasteiger partial charge in [-0.15, -0.1) is 0 Å². The highest BCUT2D eigenvalue weighted by Crippen LogP contribution is 2.19. The molecule has 1 N–H and O–H groups in total. The smallest absolute Gasteiger partial charge is 0.251 e. The maximum Gasteiger partial charge on any atom is 0.251 e. The quantitative estimate of drug-likeness (QED) is 0.473. The van der Waals surface area contributed by atoms with E-state index in [0.717, 1.165) is 5.56 Å². The molecule has 1 unspecified atom stereocenters. The number of nitrogens with one attached hydrogen (secondary N) is 1. The molecule has 1 amide bonds. The number of fused-ring (bicyclic) bond motifs is 2. The minimum absolute atomic E-state index is 0.0943. The molecule has 6 heteroatoms. The van der Waals surface area contributed by atoms with E-state index in [4.69, 9.17) is 0 Å². The minimum atomic E-state index is -0.329. The summed E-state index contributed by atoms with van der Waals surface area (Å²) < 4.78 is 0. The van der Waals surface area contributed by atoms with Crippen molar-refractivity contribution in [2.45, 2.75) is 13.0 Å². The molecule has 0 radical (unpaired) electrons. The lowest BCUT2D eigenvalue weighted by Gasteiger charge is -2.15. The Bertz CT molecular complexity index is 1760. The molecule has 0 saturated carbocycles. The van der Waals surface area contributed by atoms with Crippen LogP contribution in [0.4, 0.5) is 0 Å². The van der Waals surface area contributed by atoms with Crippen LogP contribution in [0.15, 0.2) is 72.8 Å². The van der Waals surface area contributed by atoms with Crippen molar-refractivity contribution in [3.63, 3.8) is 0 Å². The Balaban J connectivity index is 2.07. The Morgan fingerprint density at radius 1 is 0.686 bits per heavy atom. The fourth-order valence-corrected chi connectivity index (χ4v) is 4.24. The number of nitrogens with zero attached hydrogens (tertiary/aromatic N) is 4. The van der Waals surface area contributed by atoms with E-state index in [1.165, 1.54) is 0 Å². The van der Waals surface area contributed by atoms with E-state index < -0.39 is 0 Å². The standard InChI is InChI=1S/C29H17N5O/c1-18(19-7-3-2-4-8-19)34-29(35)20-11-12-25-26(13-20)28(22(16-32)17-33)24-10-6-5-9-23(24)27(25)21(14-30)15-31/h2-13,18H,1H3,(H,34,35). The highest BCUT2D eigenvalue weighted by Gasteiger charge is 2.16. The average Bonchev–Trinajstić information content (AvgIpc) is 2.90. The maximum absolute atomic E-state index is 13.1. The van der Waals surface area contributed by atoms with E-state index in [1.807, 2.05) is 61.5 Å². The van der Waals surface area contributed by atoms with Gasteiger partial charge in [-0.25, -0.2) is 0 Å². The van der Waals surface area contributed by atoms with Crippen LogP contribution in [0.1, 0.15) is 28.9 Å². The summed E-state index contributed by atoms with van der Waals surface area (Å²) in [5.41, 5.74) is 1.06. The second kappa shape index (κ2) is 9.60. The number of carbonyl (C=O) groups is 1. The van der Waals surface area contributed by atoms with E-state index >= 15 is 0 Å². The van der Waals surface area contributed by atoms with Gasteiger partial charge < -0.3 is 5.32 Å². The van der Waals surface area contributed by atoms with Gasteiger partial charge in [-0.2, -0.15) is 21.0 Å². The van der Waals surface area contributed by atoms with Crippen LogP contribution < -0.4 is 15.8 Å². The van der Waals surface area contributed by atoms with Crippen molar-refractivity contribution in [1.82, 2.24) is 5.32 Å². The first-order chi connectivity index (χ1) is 17.0. The van der Waals surface area contributed by atoms with Crippen LogP contribution in [0.2, 0.25) is 0 Å². The zero-order valence-electron chi connectivity index (χ0n) is 18.7. The second-order valence-corrected chi connectivity index (χ2v) is 7.86. The molecule has 0 bridgehead atoms. The largest absolute Gasteiger partial charge is 0.346 e. The first kappa shape index (κ1) is 22.8. The first-order valence-electron chi connectivity index (χ1n) is 10.7. The first-order valence-corrected chi connectivity index (χ1v) is 10.7. The van der Waals surface area contributed by atoms with Crippen molar-refractivity contribution < 1.29 is 4.79 Å². The van der Waals surface area contributed by atoms with Crippen LogP contribution in [0.3, 0.4) is 0 Å². The van der Waals surface area contributed by atoms with E-state index in [9.17, 15) is 25.8 Å². The molecule has 0 heterocycles. The van der Waals surface area contributed by atoms with Crippen LogP contribution in [0.25, 0.3) is 32.7 Å². The fraction of sp³-hybridized carbons (Fsp3) is 0.0690. The maximum atomic E-state index is 13.1. The second-order valence-electron chi connectivity index (χ2n) is 7.86. The van der Waals surface area contributed by atoms with Crippen molar-refractivity contribution in [3.8, 4) is 24.3 Å². The molecule has 0 aliphatic rings. The number of hydrogen-bond acceptors (Lipinski definition) is 5. The third kappa shape index (κ3) is 4.05. The summed E-state index contributed by atoms with van der Waals surface area (Å²) in [7, 11) is 0. The van der Waals surface area contributed by atoms with Gasteiger partial charge in [0, 0.05) is 16.0 Å². The van der Waals surface area contributed by atoms with Crippen LogP contribution in [0.5, 0.6) is 0 Å². The summed E-state index contributed by atoms with van der Waals surface area (Å²) >= 11 is 0. The number of carbonyl (C=O) groups excluding carboxylic acids is 1. The van der Waals surface area contributed by atoms with Gasteiger partial charge in [0.2, 0.25) is 0 Å². The van der Waals surface area contributed by atoms with Crippen LogP contribution in [0, 0.1) is 45.3 Å². The van der Waals surface area contributed by atoms with E-state index in [0.29, 0.717) is 37.5 Å². The van der Waals surface area contributed by atoms with Gasteiger partial charge in [0.1, 0.15) is 35.4 Å². The third-order valence-electron chi connectivity index (χ3n) is 5.88. The lowest BCUT2D eigenvalue weighted by Crippen LogP contribution is -2.27. The van der Waals surface area contributed by atoms with Gasteiger partial charge in [-0.1, -0.05) is 60.7 Å². The normalized spacial score (nSPS) is 10.9. The molecule has 0 aliphatic carbocycles. The Labute approximate surface area is 201 Å². The molecule has 0 aliphatic heterocycles. The minimum Gasteiger partial charge on any atom is -0.346 e. The van der Waals surface area contributed by atoms with Gasteiger partial charge in [0.15, 0.2) is 0 Å². The Hall–Kier alpha value is -5.43. The van der Waals surface area contributed by atoms with Gasteiger partial charge in [0.05, 0.1) is 6.04 Å². The predicted octanol–water partition coefficient (Wildman–Crippen LogP) is 3.88. The van der Waals surface area contributed by atoms with Crippen LogP contribution in [-0.2, 0) is 0 Å². The highest BCUT2D eigenvalue weighted by atomic mass is 16.1. The molecule has 6 nitrogen and oxygen atoms in total. The Morgan fingerprint density at radius 3 is 1.71 bits per heavy atom. The monoisotopic (exact) mass is 451 g/mol. The molecular weight excluding hydrogens is 434 g/mol. The zero-order valence-corrected chi connectivity index (χ0v) is 18.7. The van der Waals surface area contributed by atoms with E-state index in [1.54, 1.807) is 42.5 Å². The lowest BCUT2D eigenvalue weighted by atomic mass is 9.92. The lowest BCUT2D eigenvalue weighted by molar-refractivity contribution is 0.0940. The average molecular weight is 451 g/mol. The fourth-order valence-electron chi connectivity index (χ4n) is 4.24. The van der Waals surface area contributed by atoms with Crippen molar-refractivity contribution in [2.24, 2.45) is 0 Å². The van der Waals surface area contributed by atoms with Crippen molar-refractivity contribution in [3.05, 3.63) is 94.4 Å². The van der Waals surface area contributed by atoms with Gasteiger partial charge in [0.25, 0.3) is 5.91 Å². The summed E-state index contributed by atoms with van der Waals surface area (Å²) in [6, 6.07) is 29.0. The number of nitriles is 4. The molecule has 1 atom stereocenters. The van der Waals surface area contributed by atoms with Gasteiger partial charge >= 0.3 is 0 Å². The topological polar surface area (TPSA) is 124 Å². The SMILES string of the molecule is CC(NC(=O)c1ccc2c(=C(C#N)C#N)c3ccccc3c(=C(C#N)C#N)c2c1)c1ccccc1. The summed E-state index contributed by atoms with van der Waals surface area (Å²) in [5, 5.41) is 44.5. The molecule has 4 aromatic carbocycles. The van der Waals surface area contributed by atoms with Gasteiger partial charge in [-0.3, -0.25) is 4.79 Å². The molecular formula is C29H17N5O. The van der Waals surface area contributed by atoms with E-state index in [-0.39, 0.29) is 23.1 Å². The molecule has 35 heavy (non-hydrogen) atoms. The van der Waals surface area contributed by atoms with Crippen LogP contribution in [-0.4, -0.2) is 5.91 Å². The number of amides is 1. The Morgan fingerprint density at radius 2 is 1.17 bits per heavy atom. The van der Waals surface area contributed by atoms with E-state index in [2.05, 4.69) is 5.32 Å². The number of rotatable bonds is 3. The molecule has 0 aromatic heterocycles. The number of hydrogen-bond donors (Lipinski definition) is 1. The Kier molecular flexibility index (Phi) is 6.24. The third-order valence-corrected chi connectivity index (χ3v) is 5.88. The molecule has 0 fully saturated rings. The molecule has 4 rings (SSSR count). The molecule has 0 spiro atoms. The summed E-state index contributed by atoms with van der Waals surface area (Å²) in [5.74, 6) is -0.329. The van der Waals surface area contributed by atoms with Crippen molar-refractivity contribution in [2.75, 3.05) is 0 Å². The zero-order chi connectivity index (χ0) is 24.9. The highest BCUT2D eigenvalue weighted by molar-refractivity contribution is 6.08. The summed E-state index contributed by atoms with van der Waals surface area (Å²) in [4.78, 5) is 13.1. The van der Waals surface area contributed by atoms with Crippen molar-refractivity contribution in [1.29, 1.82) is 21.0 Å². The predicted molar refractivity (Wildman–Crippen MR) is 132 cm³/mol. The number of benzene rings is 4. The molecule has 4 aromatic rings. The molecule has 0 saturated heterocycles. The molecule has 164 valence electrons. The summed E-state index contributed by atoms with van der Waals surface area (Å²) in [6.45, 7) is 1.88. The van der Waals surface area contributed by atoms with Crippen molar-refractivity contribution >= 4 is 38.6 Å². The van der Waals surface area contributed by atoms with Crippen LogP contribution >= 0.6 is 0 Å².